The molecule has 50 heavy (non-hydrogen) atoms. The average Bonchev–Trinajstić information content (AvgIpc) is 3.57. The van der Waals surface area contributed by atoms with Gasteiger partial charge in [0.1, 0.15) is 5.58 Å². The van der Waals surface area contributed by atoms with Gasteiger partial charge in [-0.15, -0.1) is 0 Å². The van der Waals surface area contributed by atoms with Gasteiger partial charge in [0.05, 0.1) is 5.69 Å². The van der Waals surface area contributed by atoms with Crippen molar-refractivity contribution in [3.8, 4) is 22.3 Å². The van der Waals surface area contributed by atoms with Crippen molar-refractivity contribution < 1.29 is 4.42 Å². The highest BCUT2D eigenvalue weighted by atomic mass is 16.3. The molecule has 11 rings (SSSR count). The quantitative estimate of drug-likeness (QED) is 0.180. The first-order valence-electron chi connectivity index (χ1n) is 17.2. The van der Waals surface area contributed by atoms with Crippen molar-refractivity contribution in [3.05, 3.63) is 176 Å². The van der Waals surface area contributed by atoms with Gasteiger partial charge in [-0.1, -0.05) is 133 Å². The van der Waals surface area contributed by atoms with E-state index in [-0.39, 0.29) is 6.85 Å². The van der Waals surface area contributed by atoms with E-state index < -0.39 is 0 Å². The monoisotopic (exact) mass is 636 g/mol. The summed E-state index contributed by atoms with van der Waals surface area (Å²) in [6, 6.07) is 63.8. The van der Waals surface area contributed by atoms with Crippen LogP contribution in [0.25, 0.3) is 55.0 Å². The molecule has 0 saturated carbocycles. The Morgan fingerprint density at radius 2 is 1.06 bits per heavy atom. The summed E-state index contributed by atoms with van der Waals surface area (Å²) in [5, 5.41) is 4.71. The molecule has 0 saturated heterocycles. The summed E-state index contributed by atoms with van der Waals surface area (Å²) >= 11 is 0. The number of hydrogen-bond donors (Lipinski definition) is 0. The highest BCUT2D eigenvalue weighted by Crippen LogP contribution is 2.49. The van der Waals surface area contributed by atoms with Gasteiger partial charge in [0.15, 0.2) is 5.58 Å². The van der Waals surface area contributed by atoms with Gasteiger partial charge in [-0.05, 0) is 75.3 Å². The van der Waals surface area contributed by atoms with Gasteiger partial charge in [-0.3, -0.25) is 0 Å². The van der Waals surface area contributed by atoms with Gasteiger partial charge >= 0.3 is 6.85 Å². The smallest absolute Gasteiger partial charge is 0.333 e. The van der Waals surface area contributed by atoms with E-state index >= 15 is 0 Å². The van der Waals surface area contributed by atoms with E-state index in [4.69, 9.17) is 4.42 Å². The molecule has 0 atom stereocenters. The molecule has 0 unspecified atom stereocenters. The molecule has 0 amide bonds. The Bertz CT molecular complexity index is 2800. The molecular weight excluding hydrogens is 607 g/mol. The van der Waals surface area contributed by atoms with Crippen LogP contribution >= 0.6 is 0 Å². The Morgan fingerprint density at radius 1 is 0.420 bits per heavy atom. The fourth-order valence-corrected chi connectivity index (χ4v) is 8.51. The van der Waals surface area contributed by atoms with E-state index in [2.05, 4.69) is 180 Å². The maximum Gasteiger partial charge on any atom is 0.333 e. The topological polar surface area (TPSA) is 19.6 Å². The van der Waals surface area contributed by atoms with E-state index in [9.17, 15) is 0 Å². The van der Waals surface area contributed by atoms with Crippen molar-refractivity contribution in [2.45, 2.75) is 0 Å². The number of anilines is 5. The molecule has 2 aliphatic heterocycles. The van der Waals surface area contributed by atoms with Crippen molar-refractivity contribution in [1.29, 1.82) is 0 Å². The van der Waals surface area contributed by atoms with Crippen LogP contribution in [-0.2, 0) is 0 Å². The van der Waals surface area contributed by atoms with E-state index in [0.717, 1.165) is 33.3 Å². The number of para-hydroxylation sites is 4. The molecule has 8 aromatic carbocycles. The second-order valence-electron chi connectivity index (χ2n) is 13.3. The van der Waals surface area contributed by atoms with E-state index in [1.54, 1.807) is 0 Å². The summed E-state index contributed by atoms with van der Waals surface area (Å²) < 4.78 is 6.66. The van der Waals surface area contributed by atoms with E-state index in [0.29, 0.717) is 0 Å². The van der Waals surface area contributed by atoms with Gasteiger partial charge in [-0.25, -0.2) is 0 Å². The van der Waals surface area contributed by atoms with E-state index in [1.165, 1.54) is 61.0 Å². The summed E-state index contributed by atoms with van der Waals surface area (Å²) in [5.41, 5.74) is 15.0. The molecule has 0 N–H and O–H groups in total. The Balaban J connectivity index is 1.24. The molecule has 0 radical (unpaired) electrons. The summed E-state index contributed by atoms with van der Waals surface area (Å²) in [7, 11) is 0. The predicted octanol–water partition coefficient (Wildman–Crippen LogP) is 11.1. The highest BCUT2D eigenvalue weighted by molar-refractivity contribution is 6.93. The van der Waals surface area contributed by atoms with Crippen LogP contribution in [-0.4, -0.2) is 6.85 Å². The third-order valence-electron chi connectivity index (χ3n) is 10.6. The zero-order chi connectivity index (χ0) is 32.8. The highest BCUT2D eigenvalue weighted by Gasteiger charge is 2.45. The van der Waals surface area contributed by atoms with Crippen molar-refractivity contribution in [1.82, 2.24) is 0 Å². The minimum atomic E-state index is -0.0675. The predicted molar refractivity (Wildman–Crippen MR) is 210 cm³/mol. The van der Waals surface area contributed by atoms with Crippen LogP contribution in [0, 0.1) is 0 Å². The molecule has 3 nitrogen and oxygen atoms in total. The molecule has 0 fully saturated rings. The summed E-state index contributed by atoms with van der Waals surface area (Å²) in [6.45, 7) is -0.0675. The van der Waals surface area contributed by atoms with Gasteiger partial charge in [0, 0.05) is 44.6 Å². The fraction of sp³-hybridized carbons (Fsp3) is 0. The largest absolute Gasteiger partial charge is 0.454 e. The lowest BCUT2D eigenvalue weighted by atomic mass is 9.43. The number of nitrogens with zero attached hydrogens (tertiary/aromatic N) is 2. The Kier molecular flexibility index (Phi) is 5.76. The average molecular weight is 637 g/mol. The molecule has 1 aromatic heterocycles. The first-order chi connectivity index (χ1) is 24.8. The van der Waals surface area contributed by atoms with Crippen LogP contribution in [0.4, 0.5) is 28.4 Å². The molecule has 4 heteroatoms. The first-order valence-corrected chi connectivity index (χ1v) is 17.2. The van der Waals surface area contributed by atoms with Crippen molar-refractivity contribution >= 4 is 78.9 Å². The second-order valence-corrected chi connectivity index (χ2v) is 13.3. The van der Waals surface area contributed by atoms with Crippen molar-refractivity contribution in [2.75, 3.05) is 9.71 Å². The number of benzene rings is 8. The number of fused-ring (bicyclic) bond motifs is 8. The fourth-order valence-electron chi connectivity index (χ4n) is 8.51. The maximum absolute atomic E-state index is 6.66. The van der Waals surface area contributed by atoms with Crippen LogP contribution in [0.3, 0.4) is 0 Å². The minimum absolute atomic E-state index is 0.0675. The van der Waals surface area contributed by atoms with Crippen LogP contribution in [0.15, 0.2) is 180 Å². The standard InChI is InChI=1S/C46H29BN2O/c1-2-14-30(15-3-1)37-28-31-16-4-5-17-32(31)29-43(37)49-39-23-9-6-18-33(39)35-20-12-25-41-45(35)47(49)38-22-8-10-24-40(38)48(41)42-26-13-21-36-34-19-7-11-27-44(34)50-46(36)42/h1-29H. The molecule has 232 valence electrons. The summed E-state index contributed by atoms with van der Waals surface area (Å²) in [6.07, 6.45) is 0. The molecule has 9 aromatic rings. The van der Waals surface area contributed by atoms with Crippen LogP contribution in [0.2, 0.25) is 0 Å². The normalized spacial score (nSPS) is 13.1. The summed E-state index contributed by atoms with van der Waals surface area (Å²) in [5.74, 6) is 0. The second kappa shape index (κ2) is 10.5. The lowest BCUT2D eigenvalue weighted by Crippen LogP contribution is -2.61. The number of rotatable bonds is 3. The van der Waals surface area contributed by atoms with Crippen LogP contribution in [0.5, 0.6) is 0 Å². The zero-order valence-corrected chi connectivity index (χ0v) is 27.1. The van der Waals surface area contributed by atoms with E-state index in [1.807, 2.05) is 6.07 Å². The van der Waals surface area contributed by atoms with Crippen LogP contribution < -0.4 is 20.6 Å². The summed E-state index contributed by atoms with van der Waals surface area (Å²) in [4.78, 5) is 5.04. The molecule has 2 aliphatic rings. The third kappa shape index (κ3) is 3.82. The lowest BCUT2D eigenvalue weighted by Gasteiger charge is -2.46. The lowest BCUT2D eigenvalue weighted by molar-refractivity contribution is 0.669. The van der Waals surface area contributed by atoms with Gasteiger partial charge in [0.2, 0.25) is 0 Å². The number of hydrogen-bond acceptors (Lipinski definition) is 3. The minimum Gasteiger partial charge on any atom is -0.454 e. The maximum atomic E-state index is 6.66. The zero-order valence-electron chi connectivity index (χ0n) is 27.1. The van der Waals surface area contributed by atoms with Gasteiger partial charge in [-0.2, -0.15) is 0 Å². The van der Waals surface area contributed by atoms with Crippen LogP contribution in [0.1, 0.15) is 0 Å². The van der Waals surface area contributed by atoms with Gasteiger partial charge in [0.25, 0.3) is 0 Å². The SMILES string of the molecule is c1ccc(-c2cc3ccccc3cc2N2B3c4ccccc4N(c4cccc5c4oc4ccccc45)c4cccc(c43)-c3ccccc32)cc1. The Labute approximate surface area is 290 Å². The van der Waals surface area contributed by atoms with Gasteiger partial charge < -0.3 is 14.1 Å². The van der Waals surface area contributed by atoms with Crippen molar-refractivity contribution in [3.63, 3.8) is 0 Å². The molecule has 0 bridgehead atoms. The molecule has 3 heterocycles. The Hall–Kier alpha value is -6.52. The molecule has 0 spiro atoms. The third-order valence-corrected chi connectivity index (χ3v) is 10.6. The molecule has 0 aliphatic carbocycles. The Morgan fingerprint density at radius 3 is 1.96 bits per heavy atom. The van der Waals surface area contributed by atoms with Crippen molar-refractivity contribution in [2.24, 2.45) is 0 Å². The first kappa shape index (κ1) is 27.4. The molecular formula is C46H29BN2O. The number of furan rings is 1.